The van der Waals surface area contributed by atoms with E-state index in [0.29, 0.717) is 17.0 Å². The molecule has 4 aromatic rings. The van der Waals surface area contributed by atoms with E-state index in [-0.39, 0.29) is 11.6 Å². The van der Waals surface area contributed by atoms with E-state index in [9.17, 15) is 13.2 Å². The molecule has 0 aliphatic rings. The van der Waals surface area contributed by atoms with E-state index in [1.807, 2.05) is 24.3 Å². The number of fused-ring (bicyclic) bond motifs is 1. The molecule has 144 valence electrons. The summed E-state index contributed by atoms with van der Waals surface area (Å²) < 4.78 is 48.5. The molecule has 0 radical (unpaired) electrons. The van der Waals surface area contributed by atoms with Crippen LogP contribution in [0.15, 0.2) is 53.2 Å². The Labute approximate surface area is 158 Å². The van der Waals surface area contributed by atoms with Gasteiger partial charge in [-0.05, 0) is 43.7 Å². The molecule has 0 bridgehead atoms. The first-order chi connectivity index (χ1) is 13.3. The van der Waals surface area contributed by atoms with Crippen molar-refractivity contribution in [2.24, 2.45) is 0 Å². The number of benzene rings is 2. The molecule has 1 atom stereocenters. The fourth-order valence-corrected chi connectivity index (χ4v) is 2.88. The molecular weight excluding hydrogens is 371 g/mol. The van der Waals surface area contributed by atoms with Gasteiger partial charge in [0.2, 0.25) is 5.82 Å². The van der Waals surface area contributed by atoms with Gasteiger partial charge in [-0.2, -0.15) is 18.2 Å². The molecule has 0 aliphatic heterocycles. The molecule has 0 spiro atoms. The van der Waals surface area contributed by atoms with Crippen LogP contribution in [0.3, 0.4) is 0 Å². The first-order valence-electron chi connectivity index (χ1n) is 8.57. The van der Waals surface area contributed by atoms with Crippen LogP contribution >= 0.6 is 0 Å². The highest BCUT2D eigenvalue weighted by Gasteiger charge is 2.38. The van der Waals surface area contributed by atoms with Gasteiger partial charge in [0, 0.05) is 28.2 Å². The summed E-state index contributed by atoms with van der Waals surface area (Å²) >= 11 is 0. The number of H-pyrrole nitrogens is 1. The van der Waals surface area contributed by atoms with Crippen LogP contribution in [0.4, 0.5) is 13.2 Å². The van der Waals surface area contributed by atoms with Gasteiger partial charge < -0.3 is 14.2 Å². The first-order valence-corrected chi connectivity index (χ1v) is 8.57. The standard InChI is InChI=1S/C20H16F3N3O2/c1-11-9-13(7-8-17(11)27-12(2)20(21,22)23)19-25-18(26-28-19)15-10-24-16-6-4-3-5-14(15)16/h3-10,12,24H,1-2H3. The molecule has 8 heteroatoms. The third-order valence-electron chi connectivity index (χ3n) is 4.44. The van der Waals surface area contributed by atoms with Gasteiger partial charge in [-0.25, -0.2) is 0 Å². The van der Waals surface area contributed by atoms with Crippen molar-refractivity contribution in [3.05, 3.63) is 54.2 Å². The number of nitrogens with one attached hydrogen (secondary N) is 1. The van der Waals surface area contributed by atoms with Crippen molar-refractivity contribution in [2.45, 2.75) is 26.1 Å². The second-order valence-electron chi connectivity index (χ2n) is 6.45. The highest BCUT2D eigenvalue weighted by atomic mass is 19.4. The second kappa shape index (κ2) is 6.70. The third kappa shape index (κ3) is 3.33. The Morgan fingerprint density at radius 1 is 1.14 bits per heavy atom. The number of nitrogens with zero attached hydrogens (tertiary/aromatic N) is 2. The van der Waals surface area contributed by atoms with Gasteiger partial charge >= 0.3 is 6.18 Å². The van der Waals surface area contributed by atoms with Crippen LogP contribution in [-0.2, 0) is 0 Å². The number of alkyl halides is 3. The summed E-state index contributed by atoms with van der Waals surface area (Å²) in [7, 11) is 0. The van der Waals surface area contributed by atoms with Crippen molar-refractivity contribution in [1.29, 1.82) is 0 Å². The molecule has 28 heavy (non-hydrogen) atoms. The predicted octanol–water partition coefficient (Wildman–Crippen LogP) is 5.52. The fourth-order valence-electron chi connectivity index (χ4n) is 2.88. The van der Waals surface area contributed by atoms with E-state index in [1.54, 1.807) is 25.3 Å². The number of hydrogen-bond donors (Lipinski definition) is 1. The summed E-state index contributed by atoms with van der Waals surface area (Å²) in [5.41, 5.74) is 2.91. The van der Waals surface area contributed by atoms with Gasteiger partial charge in [0.15, 0.2) is 6.10 Å². The number of aryl methyl sites for hydroxylation is 1. The van der Waals surface area contributed by atoms with Crippen LogP contribution in [0.2, 0.25) is 0 Å². The van der Waals surface area contributed by atoms with E-state index in [0.717, 1.165) is 23.4 Å². The SMILES string of the molecule is Cc1cc(-c2nc(-c3c[nH]c4ccccc34)no2)ccc1OC(C)C(F)(F)F. The molecule has 2 aromatic carbocycles. The molecule has 2 aromatic heterocycles. The molecule has 5 nitrogen and oxygen atoms in total. The Bertz CT molecular complexity index is 1130. The fraction of sp³-hybridized carbons (Fsp3) is 0.200. The summed E-state index contributed by atoms with van der Waals surface area (Å²) in [5, 5.41) is 5.00. The summed E-state index contributed by atoms with van der Waals surface area (Å²) in [6, 6.07) is 12.5. The highest BCUT2D eigenvalue weighted by Crippen LogP contribution is 2.31. The van der Waals surface area contributed by atoms with E-state index < -0.39 is 12.3 Å². The van der Waals surface area contributed by atoms with Crippen LogP contribution in [0.1, 0.15) is 12.5 Å². The lowest BCUT2D eigenvalue weighted by Gasteiger charge is -2.19. The molecule has 2 heterocycles. The molecule has 1 unspecified atom stereocenters. The second-order valence-corrected chi connectivity index (χ2v) is 6.45. The van der Waals surface area contributed by atoms with Crippen LogP contribution in [0, 0.1) is 6.92 Å². The Balaban J connectivity index is 1.61. The Hall–Kier alpha value is -3.29. The van der Waals surface area contributed by atoms with Crippen LogP contribution in [-0.4, -0.2) is 27.4 Å². The van der Waals surface area contributed by atoms with Crippen molar-refractivity contribution in [3.8, 4) is 28.6 Å². The summed E-state index contributed by atoms with van der Waals surface area (Å²) in [6.07, 6.45) is -4.51. The topological polar surface area (TPSA) is 63.9 Å². The van der Waals surface area contributed by atoms with Crippen molar-refractivity contribution in [1.82, 2.24) is 15.1 Å². The zero-order valence-electron chi connectivity index (χ0n) is 15.0. The lowest BCUT2D eigenvalue weighted by molar-refractivity contribution is -0.189. The number of halogens is 3. The molecule has 0 fully saturated rings. The zero-order chi connectivity index (χ0) is 19.9. The van der Waals surface area contributed by atoms with E-state index in [4.69, 9.17) is 9.26 Å². The minimum Gasteiger partial charge on any atom is -0.481 e. The van der Waals surface area contributed by atoms with Crippen molar-refractivity contribution in [2.75, 3.05) is 0 Å². The van der Waals surface area contributed by atoms with E-state index in [1.165, 1.54) is 6.07 Å². The summed E-state index contributed by atoms with van der Waals surface area (Å²) in [4.78, 5) is 7.58. The molecule has 0 amide bonds. The molecule has 0 aliphatic carbocycles. The van der Waals surface area contributed by atoms with Crippen LogP contribution < -0.4 is 4.74 Å². The first kappa shape index (κ1) is 18.1. The molecular formula is C20H16F3N3O2. The number of para-hydroxylation sites is 1. The third-order valence-corrected chi connectivity index (χ3v) is 4.44. The zero-order valence-corrected chi connectivity index (χ0v) is 15.0. The maximum atomic E-state index is 12.7. The molecule has 0 saturated heterocycles. The molecule has 4 rings (SSSR count). The predicted molar refractivity (Wildman–Crippen MR) is 97.9 cm³/mol. The Kier molecular flexibility index (Phi) is 4.33. The minimum atomic E-state index is -4.42. The maximum absolute atomic E-state index is 12.7. The summed E-state index contributed by atoms with van der Waals surface area (Å²) in [5.74, 6) is 0.861. The van der Waals surface area contributed by atoms with Gasteiger partial charge in [0.25, 0.3) is 5.89 Å². The molecule has 0 saturated carbocycles. The minimum absolute atomic E-state index is 0.157. The number of aromatic nitrogens is 3. The maximum Gasteiger partial charge on any atom is 0.425 e. The average Bonchev–Trinajstić information content (AvgIpc) is 3.29. The van der Waals surface area contributed by atoms with E-state index in [2.05, 4.69) is 15.1 Å². The quantitative estimate of drug-likeness (QED) is 0.501. The average molecular weight is 387 g/mol. The van der Waals surface area contributed by atoms with Gasteiger partial charge in [0.1, 0.15) is 5.75 Å². The summed E-state index contributed by atoms with van der Waals surface area (Å²) in [6.45, 7) is 2.64. The lowest BCUT2D eigenvalue weighted by atomic mass is 10.1. The number of rotatable bonds is 4. The Morgan fingerprint density at radius 3 is 2.68 bits per heavy atom. The van der Waals surface area contributed by atoms with Gasteiger partial charge in [-0.15, -0.1) is 0 Å². The van der Waals surface area contributed by atoms with Gasteiger partial charge in [0.05, 0.1) is 0 Å². The Morgan fingerprint density at radius 2 is 1.93 bits per heavy atom. The normalized spacial score (nSPS) is 13.0. The number of ether oxygens (including phenoxy) is 1. The largest absolute Gasteiger partial charge is 0.481 e. The van der Waals surface area contributed by atoms with E-state index >= 15 is 0 Å². The van der Waals surface area contributed by atoms with Gasteiger partial charge in [-0.1, -0.05) is 23.4 Å². The van der Waals surface area contributed by atoms with Crippen LogP contribution in [0.25, 0.3) is 33.7 Å². The van der Waals surface area contributed by atoms with Crippen molar-refractivity contribution >= 4 is 10.9 Å². The number of aromatic amines is 1. The molecule has 1 N–H and O–H groups in total. The van der Waals surface area contributed by atoms with Crippen LogP contribution in [0.5, 0.6) is 5.75 Å². The smallest absolute Gasteiger partial charge is 0.425 e. The number of hydrogen-bond acceptors (Lipinski definition) is 4. The monoisotopic (exact) mass is 387 g/mol. The lowest BCUT2D eigenvalue weighted by Crippen LogP contribution is -2.31. The highest BCUT2D eigenvalue weighted by molar-refractivity contribution is 5.93. The van der Waals surface area contributed by atoms with Crippen molar-refractivity contribution < 1.29 is 22.4 Å². The van der Waals surface area contributed by atoms with Crippen molar-refractivity contribution in [3.63, 3.8) is 0 Å². The van der Waals surface area contributed by atoms with Gasteiger partial charge in [-0.3, -0.25) is 0 Å².